The molecule has 1 aliphatic carbocycles. The number of nitrogens with one attached hydrogen (secondary N) is 1. The molecule has 0 bridgehead atoms. The summed E-state index contributed by atoms with van der Waals surface area (Å²) in [4.78, 5) is 35.2. The Kier molecular flexibility index (Phi) is 2.46. The van der Waals surface area contributed by atoms with Gasteiger partial charge in [0, 0.05) is 17.8 Å². The summed E-state index contributed by atoms with van der Waals surface area (Å²) in [6, 6.07) is 1.12. The molecular formula is C15H11FN2O4. The first-order chi connectivity index (χ1) is 10.5. The Morgan fingerprint density at radius 3 is 2.73 bits per heavy atom. The Morgan fingerprint density at radius 1 is 1.36 bits per heavy atom. The Bertz CT molecular complexity index is 928. The number of rotatable bonds is 2. The Balaban J connectivity index is 2.18. The van der Waals surface area contributed by atoms with Crippen LogP contribution < -0.4 is 10.7 Å². The van der Waals surface area contributed by atoms with Gasteiger partial charge in [-0.2, -0.15) is 0 Å². The minimum atomic E-state index is -1.34. The van der Waals surface area contributed by atoms with Gasteiger partial charge in [-0.05, 0) is 18.9 Å². The molecule has 2 N–H and O–H groups in total. The molecule has 2 aromatic rings. The lowest BCUT2D eigenvalue weighted by Gasteiger charge is -2.15. The van der Waals surface area contributed by atoms with Crippen molar-refractivity contribution in [1.29, 1.82) is 0 Å². The zero-order chi connectivity index (χ0) is 15.6. The molecule has 22 heavy (non-hydrogen) atoms. The number of amides is 1. The normalized spacial score (nSPS) is 16.7. The van der Waals surface area contributed by atoms with Gasteiger partial charge in [0.1, 0.15) is 11.4 Å². The van der Waals surface area contributed by atoms with Gasteiger partial charge in [0.15, 0.2) is 0 Å². The number of hydrogen-bond acceptors (Lipinski definition) is 3. The van der Waals surface area contributed by atoms with Crippen LogP contribution in [0.3, 0.4) is 0 Å². The second-order valence-electron chi connectivity index (χ2n) is 5.65. The van der Waals surface area contributed by atoms with Crippen molar-refractivity contribution in [3.63, 3.8) is 0 Å². The quantitative estimate of drug-likeness (QED) is 0.883. The van der Waals surface area contributed by atoms with Crippen LogP contribution in [-0.2, 0) is 11.2 Å². The van der Waals surface area contributed by atoms with Crippen LogP contribution in [0.15, 0.2) is 17.1 Å². The van der Waals surface area contributed by atoms with E-state index in [-0.39, 0.29) is 34.9 Å². The molecule has 0 spiro atoms. The standard InChI is InChI=1S/C15H11FN2O4/c16-10-3-8-13(12-7(10)4-11(19)17-12)18(6-1-2-6)5-9(14(8)20)15(21)22/h3,5-6H,1-2,4H2,(H,17,19)(H,21,22). The number of carbonyl (C=O) groups excluding carboxylic acids is 1. The zero-order valence-corrected chi connectivity index (χ0v) is 11.4. The summed E-state index contributed by atoms with van der Waals surface area (Å²) < 4.78 is 15.9. The molecule has 6 nitrogen and oxygen atoms in total. The topological polar surface area (TPSA) is 88.4 Å². The maximum Gasteiger partial charge on any atom is 0.341 e. The van der Waals surface area contributed by atoms with Crippen LogP contribution in [0.5, 0.6) is 0 Å². The molecule has 0 saturated heterocycles. The van der Waals surface area contributed by atoms with Gasteiger partial charge in [0.2, 0.25) is 11.3 Å². The molecule has 4 rings (SSSR count). The number of carbonyl (C=O) groups is 2. The third kappa shape index (κ3) is 1.68. The summed E-state index contributed by atoms with van der Waals surface area (Å²) in [7, 11) is 0. The number of anilines is 1. The van der Waals surface area contributed by atoms with E-state index in [0.717, 1.165) is 18.9 Å². The number of hydrogen-bond donors (Lipinski definition) is 2. The van der Waals surface area contributed by atoms with Gasteiger partial charge < -0.3 is 15.0 Å². The summed E-state index contributed by atoms with van der Waals surface area (Å²) in [6.45, 7) is 0. The lowest BCUT2D eigenvalue weighted by atomic mass is 10.0. The fraction of sp³-hybridized carbons (Fsp3) is 0.267. The third-order valence-corrected chi connectivity index (χ3v) is 4.14. The van der Waals surface area contributed by atoms with Crippen LogP contribution >= 0.6 is 0 Å². The number of carboxylic acids is 1. The van der Waals surface area contributed by atoms with Crippen molar-refractivity contribution in [2.45, 2.75) is 25.3 Å². The predicted octanol–water partition coefficient (Wildman–Crippen LogP) is 1.67. The highest BCUT2D eigenvalue weighted by atomic mass is 19.1. The predicted molar refractivity (Wildman–Crippen MR) is 75.7 cm³/mol. The molecule has 2 aliphatic rings. The van der Waals surface area contributed by atoms with E-state index in [0.29, 0.717) is 11.2 Å². The number of carboxylic acid groups (broad SMARTS) is 1. The van der Waals surface area contributed by atoms with Gasteiger partial charge in [0.05, 0.1) is 23.0 Å². The van der Waals surface area contributed by atoms with E-state index < -0.39 is 17.2 Å². The van der Waals surface area contributed by atoms with Crippen molar-refractivity contribution in [2.75, 3.05) is 5.32 Å². The van der Waals surface area contributed by atoms with E-state index in [1.165, 1.54) is 6.20 Å². The maximum absolute atomic E-state index is 14.2. The average molecular weight is 302 g/mol. The molecule has 1 aliphatic heterocycles. The van der Waals surface area contributed by atoms with E-state index in [1.54, 1.807) is 4.57 Å². The fourth-order valence-electron chi connectivity index (χ4n) is 2.97. The van der Waals surface area contributed by atoms with Crippen molar-refractivity contribution in [3.8, 4) is 0 Å². The van der Waals surface area contributed by atoms with Crippen LogP contribution in [0.1, 0.15) is 34.8 Å². The first kappa shape index (κ1) is 13.0. The van der Waals surface area contributed by atoms with Gasteiger partial charge in [-0.15, -0.1) is 0 Å². The van der Waals surface area contributed by atoms with E-state index in [1.807, 2.05) is 0 Å². The number of aromatic nitrogens is 1. The van der Waals surface area contributed by atoms with E-state index in [9.17, 15) is 23.9 Å². The Hall–Kier alpha value is -2.70. The molecule has 1 aromatic heterocycles. The van der Waals surface area contributed by atoms with E-state index >= 15 is 0 Å². The second kappa shape index (κ2) is 4.16. The van der Waals surface area contributed by atoms with Gasteiger partial charge in [0.25, 0.3) is 0 Å². The zero-order valence-electron chi connectivity index (χ0n) is 11.4. The van der Waals surface area contributed by atoms with Crippen molar-refractivity contribution < 1.29 is 19.1 Å². The van der Waals surface area contributed by atoms with Crippen molar-refractivity contribution >= 4 is 28.5 Å². The minimum Gasteiger partial charge on any atom is -0.477 e. The summed E-state index contributed by atoms with van der Waals surface area (Å²) in [5.74, 6) is -2.34. The molecule has 1 saturated carbocycles. The SMILES string of the molecule is O=C1Cc2c(F)cc3c(=O)c(C(=O)O)cn(C4CC4)c3c2N1. The molecule has 0 radical (unpaired) electrons. The molecule has 112 valence electrons. The number of nitrogens with zero attached hydrogens (tertiary/aromatic N) is 1. The molecule has 2 heterocycles. The lowest BCUT2D eigenvalue weighted by molar-refractivity contribution is -0.115. The van der Waals surface area contributed by atoms with Crippen LogP contribution in [0.25, 0.3) is 10.9 Å². The molecule has 1 fully saturated rings. The van der Waals surface area contributed by atoms with E-state index in [4.69, 9.17) is 0 Å². The highest BCUT2D eigenvalue weighted by Crippen LogP contribution is 2.41. The monoisotopic (exact) mass is 302 g/mol. The Labute approximate surface area is 123 Å². The first-order valence-electron chi connectivity index (χ1n) is 6.90. The molecule has 0 unspecified atom stereocenters. The lowest BCUT2D eigenvalue weighted by Crippen LogP contribution is -2.19. The molecule has 1 amide bonds. The highest BCUT2D eigenvalue weighted by Gasteiger charge is 2.32. The fourth-order valence-corrected chi connectivity index (χ4v) is 2.97. The third-order valence-electron chi connectivity index (χ3n) is 4.14. The summed E-state index contributed by atoms with van der Waals surface area (Å²) >= 11 is 0. The van der Waals surface area contributed by atoms with E-state index in [2.05, 4.69) is 5.32 Å². The summed E-state index contributed by atoms with van der Waals surface area (Å²) in [5.41, 5.74) is -0.180. The van der Waals surface area contributed by atoms with Crippen LogP contribution in [-0.4, -0.2) is 21.6 Å². The second-order valence-corrected chi connectivity index (χ2v) is 5.65. The number of aromatic carboxylic acids is 1. The average Bonchev–Trinajstić information content (AvgIpc) is 3.21. The van der Waals surface area contributed by atoms with Gasteiger partial charge in [-0.1, -0.05) is 0 Å². The largest absolute Gasteiger partial charge is 0.477 e. The van der Waals surface area contributed by atoms with Crippen molar-refractivity contribution in [3.05, 3.63) is 39.4 Å². The van der Waals surface area contributed by atoms with Crippen molar-refractivity contribution in [1.82, 2.24) is 4.57 Å². The number of benzene rings is 1. The molecule has 7 heteroatoms. The molecular weight excluding hydrogens is 291 g/mol. The van der Waals surface area contributed by atoms with Crippen LogP contribution in [0, 0.1) is 5.82 Å². The number of halogens is 1. The van der Waals surface area contributed by atoms with Gasteiger partial charge in [-0.25, -0.2) is 9.18 Å². The van der Waals surface area contributed by atoms with Gasteiger partial charge in [-0.3, -0.25) is 9.59 Å². The number of pyridine rings is 1. The summed E-state index contributed by atoms with van der Waals surface area (Å²) in [6.07, 6.45) is 2.94. The van der Waals surface area contributed by atoms with Crippen molar-refractivity contribution in [2.24, 2.45) is 0 Å². The summed E-state index contributed by atoms with van der Waals surface area (Å²) in [5, 5.41) is 11.8. The minimum absolute atomic E-state index is 0.00903. The first-order valence-corrected chi connectivity index (χ1v) is 6.90. The van der Waals surface area contributed by atoms with Crippen LogP contribution in [0.4, 0.5) is 10.1 Å². The molecule has 1 aromatic carbocycles. The number of fused-ring (bicyclic) bond motifs is 3. The molecule has 0 atom stereocenters. The van der Waals surface area contributed by atoms with Crippen LogP contribution in [0.2, 0.25) is 0 Å². The smallest absolute Gasteiger partial charge is 0.341 e. The highest BCUT2D eigenvalue weighted by molar-refractivity contribution is 6.09. The van der Waals surface area contributed by atoms with Gasteiger partial charge >= 0.3 is 5.97 Å². The maximum atomic E-state index is 14.2. The Morgan fingerprint density at radius 2 is 2.09 bits per heavy atom.